The highest BCUT2D eigenvalue weighted by atomic mass is 35.5. The minimum absolute atomic E-state index is 0.140. The van der Waals surface area contributed by atoms with Crippen LogP contribution < -0.4 is 0 Å². The number of nitriles is 1. The number of thioether (sulfide) groups is 1. The summed E-state index contributed by atoms with van der Waals surface area (Å²) in [5.74, 6) is 0. The molecular formula is C5HClFN3S. The lowest BCUT2D eigenvalue weighted by Gasteiger charge is -1.93. The third-order valence-electron chi connectivity index (χ3n) is 0.825. The maximum absolute atomic E-state index is 12.3. The largest absolute Gasteiger partial charge is 0.309 e. The van der Waals surface area contributed by atoms with Gasteiger partial charge in [-0.1, -0.05) is 11.6 Å². The standard InChI is InChI=1S/C5HClFN3S/c6-3-1-9-5(7)10-4(3)11-2-8/h1H. The third-order valence-corrected chi connectivity index (χ3v) is 1.81. The second-order valence-electron chi connectivity index (χ2n) is 1.49. The monoisotopic (exact) mass is 189 g/mol. The molecule has 3 nitrogen and oxygen atoms in total. The van der Waals surface area contributed by atoms with Crippen molar-refractivity contribution in [3.8, 4) is 5.40 Å². The van der Waals surface area contributed by atoms with Crippen LogP contribution in [0.4, 0.5) is 4.39 Å². The zero-order valence-electron chi connectivity index (χ0n) is 5.08. The first-order chi connectivity index (χ1) is 5.24. The van der Waals surface area contributed by atoms with E-state index < -0.39 is 6.08 Å². The van der Waals surface area contributed by atoms with Crippen molar-refractivity contribution in [3.63, 3.8) is 0 Å². The molecule has 0 unspecified atom stereocenters. The van der Waals surface area contributed by atoms with Crippen molar-refractivity contribution in [3.05, 3.63) is 17.3 Å². The maximum Gasteiger partial charge on any atom is 0.309 e. The number of thiocyanates is 1. The van der Waals surface area contributed by atoms with Crippen LogP contribution in [0.3, 0.4) is 0 Å². The molecule has 11 heavy (non-hydrogen) atoms. The molecular weight excluding hydrogens is 189 g/mol. The summed E-state index contributed by atoms with van der Waals surface area (Å²) < 4.78 is 12.3. The van der Waals surface area contributed by atoms with Crippen LogP contribution in [-0.4, -0.2) is 9.97 Å². The highest BCUT2D eigenvalue weighted by Crippen LogP contribution is 2.22. The molecule has 0 aromatic carbocycles. The molecule has 0 atom stereocenters. The fourth-order valence-corrected chi connectivity index (χ4v) is 1.01. The van der Waals surface area contributed by atoms with Crippen LogP contribution in [0, 0.1) is 16.7 Å². The average Bonchev–Trinajstić information content (AvgIpc) is 1.98. The topological polar surface area (TPSA) is 49.6 Å². The number of aromatic nitrogens is 2. The predicted octanol–water partition coefficient (Wildman–Crippen LogP) is 1.84. The molecule has 0 aliphatic heterocycles. The van der Waals surface area contributed by atoms with Crippen LogP contribution in [0.25, 0.3) is 0 Å². The number of halogens is 2. The van der Waals surface area contributed by atoms with Gasteiger partial charge in [0.2, 0.25) is 0 Å². The Bertz CT molecular complexity index is 311. The van der Waals surface area contributed by atoms with E-state index in [0.717, 1.165) is 6.20 Å². The van der Waals surface area contributed by atoms with E-state index in [1.54, 1.807) is 5.40 Å². The van der Waals surface area contributed by atoms with Crippen molar-refractivity contribution in [2.75, 3.05) is 0 Å². The predicted molar refractivity (Wildman–Crippen MR) is 38.5 cm³/mol. The van der Waals surface area contributed by atoms with Crippen LogP contribution in [-0.2, 0) is 0 Å². The SMILES string of the molecule is N#CSc1nc(F)ncc1Cl. The lowest BCUT2D eigenvalue weighted by molar-refractivity contribution is 0.527. The van der Waals surface area contributed by atoms with Crippen LogP contribution in [0.15, 0.2) is 11.2 Å². The van der Waals surface area contributed by atoms with Crippen LogP contribution in [0.5, 0.6) is 0 Å². The third kappa shape index (κ3) is 2.03. The smallest absolute Gasteiger partial charge is 0.209 e. The highest BCUT2D eigenvalue weighted by Gasteiger charge is 2.04. The summed E-state index contributed by atoms with van der Waals surface area (Å²) >= 11 is 6.21. The Morgan fingerprint density at radius 3 is 3.09 bits per heavy atom. The Labute approximate surface area is 71.2 Å². The van der Waals surface area contributed by atoms with E-state index in [4.69, 9.17) is 16.9 Å². The van der Waals surface area contributed by atoms with Crippen molar-refractivity contribution in [2.24, 2.45) is 0 Å². The second kappa shape index (κ2) is 3.51. The molecule has 0 aliphatic carbocycles. The van der Waals surface area contributed by atoms with Gasteiger partial charge in [-0.15, -0.1) is 0 Å². The Kier molecular flexibility index (Phi) is 2.63. The quantitative estimate of drug-likeness (QED) is 0.293. The average molecular weight is 190 g/mol. The lowest BCUT2D eigenvalue weighted by Crippen LogP contribution is -1.89. The Balaban J connectivity index is 3.05. The Morgan fingerprint density at radius 2 is 2.45 bits per heavy atom. The highest BCUT2D eigenvalue weighted by molar-refractivity contribution is 8.03. The number of rotatable bonds is 1. The van der Waals surface area contributed by atoms with E-state index in [0.29, 0.717) is 11.8 Å². The van der Waals surface area contributed by atoms with E-state index in [9.17, 15) is 4.39 Å². The van der Waals surface area contributed by atoms with Gasteiger partial charge in [0.05, 0.1) is 11.2 Å². The molecule has 0 bridgehead atoms. The minimum Gasteiger partial charge on any atom is -0.209 e. The maximum atomic E-state index is 12.3. The van der Waals surface area contributed by atoms with Gasteiger partial charge in [0.1, 0.15) is 10.4 Å². The van der Waals surface area contributed by atoms with Gasteiger partial charge in [-0.05, 0) is 0 Å². The van der Waals surface area contributed by atoms with Crippen molar-refractivity contribution in [1.29, 1.82) is 5.26 Å². The molecule has 0 saturated heterocycles. The van der Waals surface area contributed by atoms with Crippen molar-refractivity contribution >= 4 is 23.4 Å². The van der Waals surface area contributed by atoms with E-state index in [1.165, 1.54) is 0 Å². The molecule has 1 heterocycles. The lowest BCUT2D eigenvalue weighted by atomic mass is 10.7. The Hall–Kier alpha value is -0.860. The van der Waals surface area contributed by atoms with Gasteiger partial charge in [0, 0.05) is 11.8 Å². The first-order valence-corrected chi connectivity index (χ1v) is 3.67. The molecule has 1 rings (SSSR count). The molecule has 6 heteroatoms. The van der Waals surface area contributed by atoms with E-state index in [1.807, 2.05) is 0 Å². The summed E-state index contributed by atoms with van der Waals surface area (Å²) in [6.07, 6.45) is 0.232. The van der Waals surface area contributed by atoms with Crippen molar-refractivity contribution < 1.29 is 4.39 Å². The van der Waals surface area contributed by atoms with Gasteiger partial charge in [-0.3, -0.25) is 0 Å². The van der Waals surface area contributed by atoms with Gasteiger partial charge in [-0.2, -0.15) is 14.6 Å². The molecule has 0 amide bonds. The Morgan fingerprint density at radius 1 is 1.73 bits per heavy atom. The second-order valence-corrected chi connectivity index (χ2v) is 2.67. The molecule has 0 N–H and O–H groups in total. The molecule has 1 aromatic rings. The number of hydrogen-bond acceptors (Lipinski definition) is 4. The summed E-state index contributed by atoms with van der Waals surface area (Å²) in [6, 6.07) is 0. The fraction of sp³-hybridized carbons (Fsp3) is 0. The summed E-state index contributed by atoms with van der Waals surface area (Å²) in [7, 11) is 0. The molecule has 0 saturated carbocycles. The molecule has 0 fully saturated rings. The summed E-state index contributed by atoms with van der Waals surface area (Å²) in [4.78, 5) is 6.48. The van der Waals surface area contributed by atoms with Gasteiger partial charge in [0.25, 0.3) is 0 Å². The first kappa shape index (κ1) is 8.24. The molecule has 0 radical (unpaired) electrons. The van der Waals surface area contributed by atoms with E-state index in [2.05, 4.69) is 9.97 Å². The zero-order valence-corrected chi connectivity index (χ0v) is 6.66. The molecule has 0 aliphatic rings. The van der Waals surface area contributed by atoms with Crippen LogP contribution in [0.2, 0.25) is 5.02 Å². The first-order valence-electron chi connectivity index (χ1n) is 2.48. The number of nitrogens with zero attached hydrogens (tertiary/aromatic N) is 3. The summed E-state index contributed by atoms with van der Waals surface area (Å²) in [5.41, 5.74) is 0. The van der Waals surface area contributed by atoms with Crippen LogP contribution in [0.1, 0.15) is 0 Å². The number of hydrogen-bond donors (Lipinski definition) is 0. The minimum atomic E-state index is -0.882. The van der Waals surface area contributed by atoms with Gasteiger partial charge in [0.15, 0.2) is 0 Å². The fourth-order valence-electron chi connectivity index (χ4n) is 0.446. The van der Waals surface area contributed by atoms with Crippen LogP contribution >= 0.6 is 23.4 Å². The zero-order chi connectivity index (χ0) is 8.27. The van der Waals surface area contributed by atoms with Crippen molar-refractivity contribution in [2.45, 2.75) is 5.03 Å². The summed E-state index contributed by atoms with van der Waals surface area (Å²) in [5, 5.41) is 10.3. The molecule has 0 spiro atoms. The van der Waals surface area contributed by atoms with Crippen molar-refractivity contribution in [1.82, 2.24) is 9.97 Å². The van der Waals surface area contributed by atoms with Gasteiger partial charge in [-0.25, -0.2) is 4.98 Å². The van der Waals surface area contributed by atoms with E-state index >= 15 is 0 Å². The normalized spacial score (nSPS) is 9.18. The van der Waals surface area contributed by atoms with Gasteiger partial charge < -0.3 is 0 Å². The molecule has 1 aromatic heterocycles. The van der Waals surface area contributed by atoms with Gasteiger partial charge >= 0.3 is 6.08 Å². The molecule has 56 valence electrons. The van der Waals surface area contributed by atoms with E-state index in [-0.39, 0.29) is 10.0 Å². The summed E-state index contributed by atoms with van der Waals surface area (Å²) in [6.45, 7) is 0.